The van der Waals surface area contributed by atoms with Gasteiger partial charge in [0.1, 0.15) is 0 Å². The third-order valence-corrected chi connectivity index (χ3v) is 5.63. The number of benzene rings is 2. The van der Waals surface area contributed by atoms with E-state index in [2.05, 4.69) is 20.6 Å². The molecule has 0 radical (unpaired) electrons. The smallest absolute Gasteiger partial charge is 0.240 e. The lowest BCUT2D eigenvalue weighted by molar-refractivity contribution is 0.581. The molecule has 0 bridgehead atoms. The molecule has 9 heteroatoms. The molecule has 3 N–H and O–H groups in total. The highest BCUT2D eigenvalue weighted by Crippen LogP contribution is 2.16. The van der Waals surface area contributed by atoms with Crippen LogP contribution in [0.3, 0.4) is 0 Å². The van der Waals surface area contributed by atoms with Gasteiger partial charge >= 0.3 is 0 Å². The van der Waals surface area contributed by atoms with E-state index in [9.17, 15) is 8.42 Å². The fourth-order valence-corrected chi connectivity index (χ4v) is 3.28. The second-order valence-corrected chi connectivity index (χ2v) is 7.91. The normalized spacial score (nSPS) is 11.9. The molecule has 0 aromatic heterocycles. The highest BCUT2D eigenvalue weighted by Gasteiger charge is 2.14. The van der Waals surface area contributed by atoms with Crippen LogP contribution in [0.5, 0.6) is 0 Å². The third-order valence-electron chi connectivity index (χ3n) is 3.55. The van der Waals surface area contributed by atoms with Crippen molar-refractivity contribution in [2.24, 2.45) is 5.10 Å². The molecule has 138 valence electrons. The Labute approximate surface area is 163 Å². The molecule has 0 amide bonds. The largest absolute Gasteiger partial charge is 0.364 e. The summed E-state index contributed by atoms with van der Waals surface area (Å²) in [4.78, 5) is 0.166. The van der Waals surface area contributed by atoms with E-state index in [-0.39, 0.29) is 11.4 Å². The Bertz CT molecular complexity index is 913. The van der Waals surface area contributed by atoms with Gasteiger partial charge in [0.15, 0.2) is 5.11 Å². The number of nitrogens with zero attached hydrogens (tertiary/aromatic N) is 1. The van der Waals surface area contributed by atoms with Gasteiger partial charge in [0.05, 0.1) is 10.6 Å². The van der Waals surface area contributed by atoms with Gasteiger partial charge < -0.3 is 5.32 Å². The average Bonchev–Trinajstić information content (AvgIpc) is 2.65. The summed E-state index contributed by atoms with van der Waals surface area (Å²) >= 11 is 11.0. The van der Waals surface area contributed by atoms with E-state index >= 15 is 0 Å². The van der Waals surface area contributed by atoms with Gasteiger partial charge in [-0.1, -0.05) is 41.9 Å². The van der Waals surface area contributed by atoms with Crippen molar-refractivity contribution in [3.8, 4) is 0 Å². The predicted octanol–water partition coefficient (Wildman–Crippen LogP) is 2.64. The molecule has 6 nitrogen and oxygen atoms in total. The maximum atomic E-state index is 12.4. The van der Waals surface area contributed by atoms with Crippen LogP contribution in [0, 0.1) is 0 Å². The SMILES string of the molecule is CNC(=S)N/N=C(/C)c1ccc(S(=O)(=O)NCc2ccccc2Cl)cc1. The Morgan fingerprint density at radius 2 is 1.81 bits per heavy atom. The molecule has 0 spiro atoms. The lowest BCUT2D eigenvalue weighted by atomic mass is 10.1. The number of thiocarbonyl (C=S) groups is 1. The second kappa shape index (κ2) is 9.09. The molecule has 0 aliphatic heterocycles. The van der Waals surface area contributed by atoms with E-state index < -0.39 is 10.0 Å². The van der Waals surface area contributed by atoms with Crippen LogP contribution in [0.25, 0.3) is 0 Å². The second-order valence-electron chi connectivity index (χ2n) is 5.33. The van der Waals surface area contributed by atoms with E-state index in [1.54, 1.807) is 50.4 Å². The van der Waals surface area contributed by atoms with Gasteiger partial charge in [0.2, 0.25) is 10.0 Å². The number of halogens is 1. The van der Waals surface area contributed by atoms with Crippen LogP contribution in [0.15, 0.2) is 58.5 Å². The first kappa shape index (κ1) is 20.3. The Hall–Kier alpha value is -2.00. The molecular weight excluding hydrogens is 392 g/mol. The number of hydrogen-bond donors (Lipinski definition) is 3. The zero-order valence-corrected chi connectivity index (χ0v) is 16.7. The monoisotopic (exact) mass is 410 g/mol. The molecule has 2 rings (SSSR count). The van der Waals surface area contributed by atoms with Gasteiger partial charge in [-0.3, -0.25) is 5.43 Å². The zero-order chi connectivity index (χ0) is 19.2. The van der Waals surface area contributed by atoms with E-state index in [0.29, 0.717) is 21.4 Å². The topological polar surface area (TPSA) is 82.6 Å². The maximum absolute atomic E-state index is 12.4. The minimum Gasteiger partial charge on any atom is -0.364 e. The molecule has 2 aromatic carbocycles. The van der Waals surface area contributed by atoms with Crippen molar-refractivity contribution < 1.29 is 8.42 Å². The quantitative estimate of drug-likeness (QED) is 0.387. The summed E-state index contributed by atoms with van der Waals surface area (Å²) < 4.78 is 27.4. The molecule has 0 unspecified atom stereocenters. The summed E-state index contributed by atoms with van der Waals surface area (Å²) in [5, 5.41) is 7.79. The molecule has 0 saturated heterocycles. The lowest BCUT2D eigenvalue weighted by Crippen LogP contribution is -2.29. The van der Waals surface area contributed by atoms with Crippen molar-refractivity contribution in [3.63, 3.8) is 0 Å². The van der Waals surface area contributed by atoms with E-state index in [1.165, 1.54) is 12.1 Å². The van der Waals surface area contributed by atoms with Crippen LogP contribution < -0.4 is 15.5 Å². The van der Waals surface area contributed by atoms with Crippen molar-refractivity contribution in [1.82, 2.24) is 15.5 Å². The van der Waals surface area contributed by atoms with E-state index in [4.69, 9.17) is 23.8 Å². The molecule has 0 atom stereocenters. The van der Waals surface area contributed by atoms with Crippen molar-refractivity contribution >= 4 is 44.7 Å². The number of hydrazone groups is 1. The summed E-state index contributed by atoms with van der Waals surface area (Å²) in [6.07, 6.45) is 0. The van der Waals surface area contributed by atoms with Crippen molar-refractivity contribution in [2.45, 2.75) is 18.4 Å². The summed E-state index contributed by atoms with van der Waals surface area (Å²) in [6.45, 7) is 1.92. The van der Waals surface area contributed by atoms with Gasteiger partial charge in [0.25, 0.3) is 0 Å². The van der Waals surface area contributed by atoms with E-state index in [0.717, 1.165) is 5.56 Å². The standard InChI is InChI=1S/C17H19ClN4O2S2/c1-12(21-22-17(25)19-2)13-7-9-15(10-8-13)26(23,24)20-11-14-5-3-4-6-16(14)18/h3-10,20H,11H2,1-2H3,(H2,19,22,25)/b21-12-. The third kappa shape index (κ3) is 5.50. The van der Waals surface area contributed by atoms with Crippen LogP contribution >= 0.6 is 23.8 Å². The van der Waals surface area contributed by atoms with Crippen molar-refractivity contribution in [1.29, 1.82) is 0 Å². The van der Waals surface area contributed by atoms with Crippen molar-refractivity contribution in [2.75, 3.05) is 7.05 Å². The Balaban J connectivity index is 2.08. The van der Waals surface area contributed by atoms with Crippen LogP contribution in [0.1, 0.15) is 18.1 Å². The predicted molar refractivity (Wildman–Crippen MR) is 109 cm³/mol. The Kier molecular flexibility index (Phi) is 7.10. The van der Waals surface area contributed by atoms with Gasteiger partial charge in [0, 0.05) is 18.6 Å². The summed E-state index contributed by atoms with van der Waals surface area (Å²) in [6, 6.07) is 13.5. The van der Waals surface area contributed by atoms with Gasteiger partial charge in [-0.05, 0) is 48.5 Å². The highest BCUT2D eigenvalue weighted by atomic mass is 35.5. The fourth-order valence-electron chi connectivity index (χ4n) is 2.03. The molecule has 0 heterocycles. The highest BCUT2D eigenvalue weighted by molar-refractivity contribution is 7.89. The fraction of sp³-hybridized carbons (Fsp3) is 0.176. The van der Waals surface area contributed by atoms with Crippen LogP contribution in [0.2, 0.25) is 5.02 Å². The Morgan fingerprint density at radius 3 is 2.42 bits per heavy atom. The van der Waals surface area contributed by atoms with E-state index in [1.807, 2.05) is 0 Å². The molecule has 0 fully saturated rings. The van der Waals surface area contributed by atoms with Crippen molar-refractivity contribution in [3.05, 3.63) is 64.7 Å². The number of hydrogen-bond acceptors (Lipinski definition) is 4. The van der Waals surface area contributed by atoms with Gasteiger partial charge in [-0.25, -0.2) is 13.1 Å². The number of nitrogens with one attached hydrogen (secondary N) is 3. The molecule has 26 heavy (non-hydrogen) atoms. The Morgan fingerprint density at radius 1 is 1.15 bits per heavy atom. The molecule has 0 aliphatic rings. The maximum Gasteiger partial charge on any atom is 0.240 e. The first-order valence-corrected chi connectivity index (χ1v) is 9.96. The summed E-state index contributed by atoms with van der Waals surface area (Å²) in [7, 11) is -1.95. The van der Waals surface area contributed by atoms with Gasteiger partial charge in [-0.2, -0.15) is 5.10 Å². The minimum atomic E-state index is -3.64. The number of rotatable bonds is 6. The molecule has 2 aromatic rings. The molecule has 0 saturated carbocycles. The van der Waals surface area contributed by atoms with Crippen LogP contribution in [0.4, 0.5) is 0 Å². The number of sulfonamides is 1. The first-order chi connectivity index (χ1) is 12.3. The summed E-state index contributed by atoms with van der Waals surface area (Å²) in [5.41, 5.74) is 4.85. The molecule has 0 aliphatic carbocycles. The zero-order valence-electron chi connectivity index (χ0n) is 14.3. The summed E-state index contributed by atoms with van der Waals surface area (Å²) in [5.74, 6) is 0. The van der Waals surface area contributed by atoms with Crippen LogP contribution in [-0.2, 0) is 16.6 Å². The molecular formula is C17H19ClN4O2S2. The average molecular weight is 411 g/mol. The van der Waals surface area contributed by atoms with Crippen LogP contribution in [-0.4, -0.2) is 26.3 Å². The lowest BCUT2D eigenvalue weighted by Gasteiger charge is -2.09. The first-order valence-electron chi connectivity index (χ1n) is 7.69. The van der Waals surface area contributed by atoms with Gasteiger partial charge in [-0.15, -0.1) is 0 Å². The minimum absolute atomic E-state index is 0.121.